The molecule has 2 N–H and O–H groups in total. The molecule has 0 amide bonds. The van der Waals surface area contributed by atoms with Crippen LogP contribution in [-0.2, 0) is 12.8 Å². The van der Waals surface area contributed by atoms with Crippen molar-refractivity contribution in [3.05, 3.63) is 59.4 Å². The molecule has 1 aliphatic rings. The highest BCUT2D eigenvalue weighted by Crippen LogP contribution is 2.29. The number of para-hydroxylation sites is 2. The summed E-state index contributed by atoms with van der Waals surface area (Å²) in [5.41, 5.74) is 7.52. The summed E-state index contributed by atoms with van der Waals surface area (Å²) >= 11 is 0. The number of rotatable bonds is 5. The number of fused-ring (bicyclic) bond motifs is 1. The number of hydrogen-bond donors (Lipinski definition) is 1. The van der Waals surface area contributed by atoms with Crippen LogP contribution in [0.2, 0.25) is 0 Å². The molecule has 21 heavy (non-hydrogen) atoms. The zero-order valence-electron chi connectivity index (χ0n) is 11.7. The lowest BCUT2D eigenvalue weighted by Crippen LogP contribution is -2.23. The van der Waals surface area contributed by atoms with Crippen molar-refractivity contribution in [2.45, 2.75) is 18.9 Å². The van der Waals surface area contributed by atoms with Gasteiger partial charge in [-0.2, -0.15) is 0 Å². The average molecular weight is 287 g/mol. The van der Waals surface area contributed by atoms with Gasteiger partial charge in [0, 0.05) is 6.42 Å². The van der Waals surface area contributed by atoms with Crippen molar-refractivity contribution in [1.29, 1.82) is 0 Å². The lowest BCUT2D eigenvalue weighted by molar-refractivity contribution is 0.144. The van der Waals surface area contributed by atoms with E-state index in [1.807, 2.05) is 30.3 Å². The van der Waals surface area contributed by atoms with Gasteiger partial charge in [0.15, 0.2) is 11.6 Å². The first-order chi connectivity index (χ1) is 10.3. The van der Waals surface area contributed by atoms with E-state index < -0.39 is 0 Å². The molecule has 0 bridgehead atoms. The number of nitrogens with two attached hydrogens (primary N) is 1. The van der Waals surface area contributed by atoms with Crippen LogP contribution in [0.5, 0.6) is 11.5 Å². The Balaban J connectivity index is 1.67. The van der Waals surface area contributed by atoms with Gasteiger partial charge in [0.2, 0.25) is 0 Å². The average Bonchev–Trinajstić information content (AvgIpc) is 2.90. The zero-order chi connectivity index (χ0) is 14.7. The van der Waals surface area contributed by atoms with Crippen LogP contribution in [-0.4, -0.2) is 19.3 Å². The number of ether oxygens (including phenoxy) is 2. The minimum Gasteiger partial charge on any atom is -0.486 e. The highest BCUT2D eigenvalue weighted by molar-refractivity contribution is 5.38. The molecule has 3 nitrogen and oxygen atoms in total. The molecule has 0 radical (unpaired) electrons. The van der Waals surface area contributed by atoms with E-state index in [-0.39, 0.29) is 11.9 Å². The third-order valence-electron chi connectivity index (χ3n) is 3.59. The molecule has 1 aliphatic heterocycles. The van der Waals surface area contributed by atoms with Crippen LogP contribution in [0.25, 0.3) is 0 Å². The maximum absolute atomic E-state index is 13.9. The molecule has 0 aliphatic carbocycles. The van der Waals surface area contributed by atoms with Crippen LogP contribution in [0.1, 0.15) is 11.1 Å². The highest BCUT2D eigenvalue weighted by Gasteiger charge is 2.23. The van der Waals surface area contributed by atoms with Crippen molar-refractivity contribution in [3.8, 4) is 11.5 Å². The quantitative estimate of drug-likeness (QED) is 0.919. The van der Waals surface area contributed by atoms with Crippen LogP contribution in [0.3, 0.4) is 0 Å². The van der Waals surface area contributed by atoms with Crippen molar-refractivity contribution in [1.82, 2.24) is 0 Å². The second-order valence-electron chi connectivity index (χ2n) is 5.13. The van der Waals surface area contributed by atoms with E-state index in [9.17, 15) is 4.39 Å². The second-order valence-corrected chi connectivity index (χ2v) is 5.13. The minimum atomic E-state index is -0.350. The standard InChI is InChI=1S/C17H18FNO2/c18-15-6-3-5-12(8-9-19)17(15)20-11-14-10-13-4-1-2-7-16(13)21-14/h1-7,14H,8-11,19H2. The normalized spacial score (nSPS) is 16.4. The van der Waals surface area contributed by atoms with Crippen molar-refractivity contribution in [2.24, 2.45) is 5.73 Å². The fraction of sp³-hybridized carbons (Fsp3) is 0.294. The molecule has 0 saturated heterocycles. The maximum Gasteiger partial charge on any atom is 0.165 e. The Morgan fingerprint density at radius 3 is 2.86 bits per heavy atom. The molecule has 0 fully saturated rings. The van der Waals surface area contributed by atoms with Gasteiger partial charge in [0.1, 0.15) is 18.5 Å². The van der Waals surface area contributed by atoms with Crippen molar-refractivity contribution >= 4 is 0 Å². The van der Waals surface area contributed by atoms with E-state index in [4.69, 9.17) is 15.2 Å². The third-order valence-corrected chi connectivity index (χ3v) is 3.59. The fourth-order valence-corrected chi connectivity index (χ4v) is 2.59. The topological polar surface area (TPSA) is 44.5 Å². The highest BCUT2D eigenvalue weighted by atomic mass is 19.1. The number of halogens is 1. The van der Waals surface area contributed by atoms with Crippen LogP contribution in [0.15, 0.2) is 42.5 Å². The molecule has 0 aromatic heterocycles. The van der Waals surface area contributed by atoms with Gasteiger partial charge >= 0.3 is 0 Å². The molecule has 2 aromatic rings. The van der Waals surface area contributed by atoms with E-state index in [1.54, 1.807) is 6.07 Å². The first-order valence-electron chi connectivity index (χ1n) is 7.12. The van der Waals surface area contributed by atoms with Crippen LogP contribution >= 0.6 is 0 Å². The first kappa shape index (κ1) is 13.9. The predicted octanol–water partition coefficient (Wildman–Crippen LogP) is 2.71. The van der Waals surface area contributed by atoms with E-state index >= 15 is 0 Å². The van der Waals surface area contributed by atoms with Crippen LogP contribution in [0.4, 0.5) is 4.39 Å². The Bertz CT molecular complexity index is 605. The summed E-state index contributed by atoms with van der Waals surface area (Å²) < 4.78 is 25.4. The van der Waals surface area contributed by atoms with Crippen molar-refractivity contribution in [3.63, 3.8) is 0 Å². The molecule has 1 atom stereocenters. The number of hydrogen-bond acceptors (Lipinski definition) is 3. The molecule has 1 heterocycles. The summed E-state index contributed by atoms with van der Waals surface area (Å²) in [5.74, 6) is 0.834. The fourth-order valence-electron chi connectivity index (χ4n) is 2.59. The molecule has 4 heteroatoms. The van der Waals surface area contributed by atoms with E-state index in [1.165, 1.54) is 11.6 Å². The third kappa shape index (κ3) is 3.00. The van der Waals surface area contributed by atoms with Gasteiger partial charge in [0.25, 0.3) is 0 Å². The zero-order valence-corrected chi connectivity index (χ0v) is 11.7. The van der Waals surface area contributed by atoms with E-state index in [2.05, 4.69) is 0 Å². The SMILES string of the molecule is NCCc1cccc(F)c1OCC1Cc2ccccc2O1. The van der Waals surface area contributed by atoms with Crippen molar-refractivity contribution < 1.29 is 13.9 Å². The van der Waals surface area contributed by atoms with E-state index in [0.29, 0.717) is 25.3 Å². The van der Waals surface area contributed by atoms with Gasteiger partial charge in [-0.1, -0.05) is 30.3 Å². The molecule has 3 rings (SSSR count). The minimum absolute atomic E-state index is 0.0762. The Hall–Kier alpha value is -2.07. The Labute approximate surface area is 123 Å². The summed E-state index contributed by atoms with van der Waals surface area (Å²) in [6, 6.07) is 12.8. The summed E-state index contributed by atoms with van der Waals surface area (Å²) in [5, 5.41) is 0. The van der Waals surface area contributed by atoms with Gasteiger partial charge < -0.3 is 15.2 Å². The van der Waals surface area contributed by atoms with Gasteiger partial charge in [-0.3, -0.25) is 0 Å². The Morgan fingerprint density at radius 1 is 1.19 bits per heavy atom. The first-order valence-corrected chi connectivity index (χ1v) is 7.12. The van der Waals surface area contributed by atoms with Crippen LogP contribution < -0.4 is 15.2 Å². The molecular weight excluding hydrogens is 269 g/mol. The summed E-state index contributed by atoms with van der Waals surface area (Å²) in [4.78, 5) is 0. The molecule has 0 spiro atoms. The molecule has 110 valence electrons. The Morgan fingerprint density at radius 2 is 2.05 bits per heavy atom. The Kier molecular flexibility index (Phi) is 4.06. The lowest BCUT2D eigenvalue weighted by atomic mass is 10.1. The van der Waals surface area contributed by atoms with Gasteiger partial charge in [-0.05, 0) is 36.2 Å². The molecule has 0 saturated carbocycles. The second kappa shape index (κ2) is 6.14. The maximum atomic E-state index is 13.9. The molecule has 2 aromatic carbocycles. The largest absolute Gasteiger partial charge is 0.486 e. The molecule has 1 unspecified atom stereocenters. The number of benzene rings is 2. The summed E-state index contributed by atoms with van der Waals surface area (Å²) in [6.45, 7) is 0.790. The predicted molar refractivity (Wildman–Crippen MR) is 79.2 cm³/mol. The monoisotopic (exact) mass is 287 g/mol. The lowest BCUT2D eigenvalue weighted by Gasteiger charge is -2.15. The summed E-state index contributed by atoms with van der Waals surface area (Å²) in [7, 11) is 0. The van der Waals surface area contributed by atoms with Gasteiger partial charge in [0.05, 0.1) is 0 Å². The van der Waals surface area contributed by atoms with Crippen molar-refractivity contribution in [2.75, 3.05) is 13.2 Å². The van der Waals surface area contributed by atoms with Gasteiger partial charge in [-0.25, -0.2) is 4.39 Å². The summed E-state index contributed by atoms with van der Waals surface area (Å²) in [6.07, 6.45) is 1.31. The van der Waals surface area contributed by atoms with Gasteiger partial charge in [-0.15, -0.1) is 0 Å². The smallest absolute Gasteiger partial charge is 0.165 e. The van der Waals surface area contributed by atoms with E-state index in [0.717, 1.165) is 17.7 Å². The molecular formula is C17H18FNO2. The van der Waals surface area contributed by atoms with Crippen LogP contribution in [0, 0.1) is 5.82 Å².